The summed E-state index contributed by atoms with van der Waals surface area (Å²) in [5.41, 5.74) is 5.76. The predicted octanol–water partition coefficient (Wildman–Crippen LogP) is 1.26. The smallest absolute Gasteiger partial charge is 0.361 e. The predicted molar refractivity (Wildman–Crippen MR) is 68.3 cm³/mol. The Morgan fingerprint density at radius 1 is 1.61 bits per heavy atom. The Bertz CT molecular complexity index is 431. The quantitative estimate of drug-likeness (QED) is 0.621. The number of nitrogens with two attached hydrogens (primary N) is 1. The monoisotopic (exact) mass is 253 g/mol. The van der Waals surface area contributed by atoms with Gasteiger partial charge in [0.15, 0.2) is 0 Å². The Balaban J connectivity index is 2.17. The summed E-state index contributed by atoms with van der Waals surface area (Å²) in [5.74, 6) is 0.748. The van der Waals surface area contributed by atoms with Crippen molar-refractivity contribution >= 4 is 11.6 Å². The van der Waals surface area contributed by atoms with Crippen molar-refractivity contribution in [3.63, 3.8) is 0 Å². The summed E-state index contributed by atoms with van der Waals surface area (Å²) in [7, 11) is 1.75. The first-order chi connectivity index (χ1) is 8.63. The van der Waals surface area contributed by atoms with Gasteiger partial charge in [-0.15, -0.1) is 0 Å². The van der Waals surface area contributed by atoms with E-state index in [1.807, 2.05) is 0 Å². The number of aromatic nitrogens is 2. The molecule has 100 valence electrons. The number of nitrogens with one attached hydrogen (secondary N) is 1. The molecule has 7 nitrogen and oxygen atoms in total. The van der Waals surface area contributed by atoms with Crippen molar-refractivity contribution in [1.82, 2.24) is 9.55 Å². The van der Waals surface area contributed by atoms with Crippen LogP contribution < -0.4 is 11.1 Å². The number of nitro groups is 1. The van der Waals surface area contributed by atoms with Crippen molar-refractivity contribution < 1.29 is 4.92 Å². The van der Waals surface area contributed by atoms with E-state index < -0.39 is 4.92 Å². The number of aryl methyl sites for hydroxylation is 1. The molecule has 2 rings (SSSR count). The molecule has 0 aliphatic heterocycles. The van der Waals surface area contributed by atoms with Crippen LogP contribution in [-0.4, -0.2) is 27.1 Å². The van der Waals surface area contributed by atoms with Gasteiger partial charge >= 0.3 is 5.82 Å². The highest BCUT2D eigenvalue weighted by atomic mass is 16.6. The van der Waals surface area contributed by atoms with E-state index in [2.05, 4.69) is 10.3 Å². The standard InChI is InChI=1S/C11H19N5O2/c1-15-7-13-10(16(17)18)11(15)14-9-5-3-2-4-8(9)6-12/h7-9,14H,2-6,12H2,1H3. The second-order valence-electron chi connectivity index (χ2n) is 4.82. The van der Waals surface area contributed by atoms with E-state index in [0.29, 0.717) is 18.3 Å². The molecule has 1 saturated carbocycles. The molecular formula is C11H19N5O2. The molecule has 1 fully saturated rings. The third-order valence-electron chi connectivity index (χ3n) is 3.62. The first-order valence-corrected chi connectivity index (χ1v) is 6.25. The first kappa shape index (κ1) is 12.8. The highest BCUT2D eigenvalue weighted by molar-refractivity contribution is 5.52. The van der Waals surface area contributed by atoms with Crippen LogP contribution in [0.2, 0.25) is 0 Å². The lowest BCUT2D eigenvalue weighted by atomic mass is 9.84. The maximum Gasteiger partial charge on any atom is 0.406 e. The van der Waals surface area contributed by atoms with Crippen LogP contribution in [0.1, 0.15) is 25.7 Å². The van der Waals surface area contributed by atoms with Gasteiger partial charge in [-0.3, -0.25) is 4.57 Å². The molecule has 1 aromatic rings. The van der Waals surface area contributed by atoms with E-state index in [9.17, 15) is 10.1 Å². The van der Waals surface area contributed by atoms with Crippen LogP contribution in [0.4, 0.5) is 11.6 Å². The topological polar surface area (TPSA) is 99.0 Å². The maximum absolute atomic E-state index is 10.9. The summed E-state index contributed by atoms with van der Waals surface area (Å²) in [6, 6.07) is 0.206. The molecule has 3 N–H and O–H groups in total. The molecule has 0 aromatic carbocycles. The molecule has 0 spiro atoms. The van der Waals surface area contributed by atoms with Crippen molar-refractivity contribution in [2.45, 2.75) is 31.7 Å². The van der Waals surface area contributed by atoms with Gasteiger partial charge in [-0.05, 0) is 35.2 Å². The van der Waals surface area contributed by atoms with Crippen LogP contribution in [0.15, 0.2) is 6.33 Å². The zero-order chi connectivity index (χ0) is 13.1. The Hall–Kier alpha value is -1.63. The minimum atomic E-state index is -0.456. The first-order valence-electron chi connectivity index (χ1n) is 6.25. The average molecular weight is 253 g/mol. The molecule has 2 atom stereocenters. The van der Waals surface area contributed by atoms with Crippen molar-refractivity contribution in [1.29, 1.82) is 0 Å². The minimum absolute atomic E-state index is 0.112. The molecule has 2 unspecified atom stereocenters. The van der Waals surface area contributed by atoms with E-state index in [-0.39, 0.29) is 11.9 Å². The van der Waals surface area contributed by atoms with Crippen LogP contribution >= 0.6 is 0 Å². The molecule has 1 aliphatic carbocycles. The van der Waals surface area contributed by atoms with Crippen molar-refractivity contribution in [2.75, 3.05) is 11.9 Å². The van der Waals surface area contributed by atoms with Crippen LogP contribution in [0.25, 0.3) is 0 Å². The van der Waals surface area contributed by atoms with Crippen LogP contribution in [0, 0.1) is 16.0 Å². The number of hydrogen-bond acceptors (Lipinski definition) is 5. The summed E-state index contributed by atoms with van der Waals surface area (Å²) in [6.07, 6.45) is 5.87. The fourth-order valence-corrected chi connectivity index (χ4v) is 2.57. The van der Waals surface area contributed by atoms with Gasteiger partial charge in [-0.2, -0.15) is 0 Å². The molecule has 0 radical (unpaired) electrons. The van der Waals surface area contributed by atoms with Crippen molar-refractivity contribution in [3.8, 4) is 0 Å². The molecule has 1 aliphatic rings. The zero-order valence-corrected chi connectivity index (χ0v) is 10.5. The van der Waals surface area contributed by atoms with E-state index in [1.165, 1.54) is 12.7 Å². The van der Waals surface area contributed by atoms with Crippen LogP contribution in [0.5, 0.6) is 0 Å². The minimum Gasteiger partial charge on any atom is -0.361 e. The number of anilines is 1. The highest BCUT2D eigenvalue weighted by Gasteiger charge is 2.28. The second-order valence-corrected chi connectivity index (χ2v) is 4.82. The van der Waals surface area contributed by atoms with Crippen molar-refractivity contribution in [3.05, 3.63) is 16.4 Å². The van der Waals surface area contributed by atoms with Gasteiger partial charge in [-0.25, -0.2) is 0 Å². The van der Waals surface area contributed by atoms with E-state index in [1.54, 1.807) is 11.6 Å². The Morgan fingerprint density at radius 3 is 3.00 bits per heavy atom. The lowest BCUT2D eigenvalue weighted by Crippen LogP contribution is -2.37. The maximum atomic E-state index is 10.9. The Kier molecular flexibility index (Phi) is 3.81. The van der Waals surface area contributed by atoms with Gasteiger partial charge < -0.3 is 21.2 Å². The van der Waals surface area contributed by atoms with E-state index in [0.717, 1.165) is 19.3 Å². The van der Waals surface area contributed by atoms with E-state index >= 15 is 0 Å². The SMILES string of the molecule is Cn1cnc([N+](=O)[O-])c1NC1CCCCC1CN. The fourth-order valence-electron chi connectivity index (χ4n) is 2.57. The molecule has 0 amide bonds. The van der Waals surface area contributed by atoms with E-state index in [4.69, 9.17) is 5.73 Å². The normalized spacial score (nSPS) is 23.9. The summed E-state index contributed by atoms with van der Waals surface area (Å²) in [5, 5.41) is 14.2. The summed E-state index contributed by atoms with van der Waals surface area (Å²) < 4.78 is 1.65. The molecule has 0 saturated heterocycles. The second kappa shape index (κ2) is 5.34. The molecule has 1 aromatic heterocycles. The summed E-state index contributed by atoms with van der Waals surface area (Å²) in [4.78, 5) is 14.2. The Morgan fingerprint density at radius 2 is 2.33 bits per heavy atom. The summed E-state index contributed by atoms with van der Waals surface area (Å²) >= 11 is 0. The molecular weight excluding hydrogens is 234 g/mol. The third kappa shape index (κ3) is 2.45. The average Bonchev–Trinajstić information content (AvgIpc) is 2.72. The Labute approximate surface area is 106 Å². The number of nitrogens with zero attached hydrogens (tertiary/aromatic N) is 3. The number of imidazole rings is 1. The fraction of sp³-hybridized carbons (Fsp3) is 0.727. The van der Waals surface area contributed by atoms with Gasteiger partial charge in [0, 0.05) is 13.1 Å². The lowest BCUT2D eigenvalue weighted by molar-refractivity contribution is -0.388. The van der Waals surface area contributed by atoms with Gasteiger partial charge in [0.1, 0.15) is 0 Å². The molecule has 1 heterocycles. The molecule has 0 bridgehead atoms. The largest absolute Gasteiger partial charge is 0.406 e. The van der Waals surface area contributed by atoms with Gasteiger partial charge in [0.05, 0.1) is 0 Å². The lowest BCUT2D eigenvalue weighted by Gasteiger charge is -2.31. The third-order valence-corrected chi connectivity index (χ3v) is 3.62. The number of rotatable bonds is 4. The zero-order valence-electron chi connectivity index (χ0n) is 10.5. The molecule has 7 heteroatoms. The van der Waals surface area contributed by atoms with Gasteiger partial charge in [0.2, 0.25) is 12.1 Å². The summed E-state index contributed by atoms with van der Waals surface area (Å²) in [6.45, 7) is 0.614. The highest BCUT2D eigenvalue weighted by Crippen LogP contribution is 2.29. The van der Waals surface area contributed by atoms with Crippen molar-refractivity contribution in [2.24, 2.45) is 18.7 Å². The van der Waals surface area contributed by atoms with Crippen LogP contribution in [0.3, 0.4) is 0 Å². The van der Waals surface area contributed by atoms with Gasteiger partial charge in [0.25, 0.3) is 0 Å². The molecule has 18 heavy (non-hydrogen) atoms. The van der Waals surface area contributed by atoms with Gasteiger partial charge in [-0.1, -0.05) is 12.8 Å². The van der Waals surface area contributed by atoms with Crippen LogP contribution in [-0.2, 0) is 7.05 Å². The number of hydrogen-bond donors (Lipinski definition) is 2.